The summed E-state index contributed by atoms with van der Waals surface area (Å²) in [6.07, 6.45) is 8.48. The van der Waals surface area contributed by atoms with Gasteiger partial charge in [-0.25, -0.2) is 4.79 Å². The number of methoxy groups -OCH3 is 1. The number of rotatable bonds is 11. The summed E-state index contributed by atoms with van der Waals surface area (Å²) >= 11 is 0. The van der Waals surface area contributed by atoms with E-state index in [2.05, 4.69) is 78.8 Å². The number of allylic oxidation sites excluding steroid dienone is 3. The third-order valence-electron chi connectivity index (χ3n) is 6.34. The van der Waals surface area contributed by atoms with Crippen molar-refractivity contribution in [2.75, 3.05) is 7.11 Å². The Kier molecular flexibility index (Phi) is 10.1. The van der Waals surface area contributed by atoms with Gasteiger partial charge in [-0.3, -0.25) is 0 Å². The van der Waals surface area contributed by atoms with Crippen molar-refractivity contribution in [2.24, 2.45) is 5.92 Å². The van der Waals surface area contributed by atoms with Gasteiger partial charge < -0.3 is 13.6 Å². The van der Waals surface area contributed by atoms with Crippen LogP contribution in [0.15, 0.2) is 29.9 Å². The van der Waals surface area contributed by atoms with E-state index in [9.17, 15) is 4.79 Å². The first-order valence-corrected chi connectivity index (χ1v) is 20.0. The van der Waals surface area contributed by atoms with Gasteiger partial charge in [0.15, 0.2) is 0 Å². The molecule has 0 spiro atoms. The average Bonchev–Trinajstić information content (AvgIpc) is 2.71. The van der Waals surface area contributed by atoms with Crippen LogP contribution in [-0.2, 0) is 11.2 Å². The molecule has 0 amide bonds. The molecule has 2 atom stereocenters. The zero-order chi connectivity index (χ0) is 26.6. The highest BCUT2D eigenvalue weighted by molar-refractivity contribution is 6.71. The fourth-order valence-corrected chi connectivity index (χ4v) is 6.49. The molecule has 0 bridgehead atoms. The molecule has 0 saturated carbocycles. The number of carbonyl (C=O) groups is 1. The van der Waals surface area contributed by atoms with Gasteiger partial charge in [0.05, 0.1) is 7.11 Å². The summed E-state index contributed by atoms with van der Waals surface area (Å²) in [5.74, 6) is 1.54. The van der Waals surface area contributed by atoms with E-state index in [-0.39, 0.29) is 17.8 Å². The number of carbonyl (C=O) groups excluding carboxylic acids is 1. The largest absolute Gasteiger partial charge is 0.544 e. The lowest BCUT2D eigenvalue weighted by Gasteiger charge is -2.36. The second-order valence-electron chi connectivity index (χ2n) is 12.1. The number of unbranched alkanes of at least 4 members (excludes halogenated alkanes) is 2. The molecule has 6 heteroatoms. The van der Waals surface area contributed by atoms with Crippen molar-refractivity contribution in [3.8, 4) is 11.5 Å². The number of ether oxygens (including phenoxy) is 1. The molecular formula is C29H48O4Si2. The quantitative estimate of drug-likeness (QED) is 0.128. The summed E-state index contributed by atoms with van der Waals surface area (Å²) < 4.78 is 19.0. The highest BCUT2D eigenvalue weighted by atomic mass is 28.4. The maximum atomic E-state index is 13.3. The monoisotopic (exact) mass is 516 g/mol. The Morgan fingerprint density at radius 1 is 1.09 bits per heavy atom. The smallest absolute Gasteiger partial charge is 0.341 e. The van der Waals surface area contributed by atoms with Gasteiger partial charge in [-0.1, -0.05) is 43.6 Å². The first-order chi connectivity index (χ1) is 16.2. The highest BCUT2D eigenvalue weighted by Gasteiger charge is 2.37. The SMILES string of the molecule is C=C(C)[C@@H]1CCC(C)=C[C@H]1c1c(O[Si](C)(C)C)cc(CCCCC)c(C(=O)OC)c1O[Si](C)(C)C. The lowest BCUT2D eigenvalue weighted by atomic mass is 9.73. The fourth-order valence-electron chi connectivity index (χ4n) is 4.84. The van der Waals surface area contributed by atoms with Gasteiger partial charge in [0, 0.05) is 11.5 Å². The minimum Gasteiger partial charge on any atom is -0.544 e. The minimum absolute atomic E-state index is 0.0482. The van der Waals surface area contributed by atoms with Crippen LogP contribution in [0, 0.1) is 5.92 Å². The van der Waals surface area contributed by atoms with Crippen LogP contribution in [0.1, 0.15) is 80.3 Å². The Bertz CT molecular complexity index is 951. The molecule has 196 valence electrons. The summed E-state index contributed by atoms with van der Waals surface area (Å²) in [5.41, 5.74) is 5.07. The Morgan fingerprint density at radius 3 is 2.23 bits per heavy atom. The molecule has 1 aliphatic rings. The normalized spacial score (nSPS) is 18.6. The zero-order valence-electron chi connectivity index (χ0n) is 23.9. The number of benzene rings is 1. The van der Waals surface area contributed by atoms with Crippen molar-refractivity contribution in [3.05, 3.63) is 46.6 Å². The molecule has 2 rings (SSSR count). The maximum Gasteiger partial charge on any atom is 0.341 e. The van der Waals surface area contributed by atoms with Gasteiger partial charge in [0.25, 0.3) is 0 Å². The van der Waals surface area contributed by atoms with Crippen LogP contribution in [0.25, 0.3) is 0 Å². The second-order valence-corrected chi connectivity index (χ2v) is 20.9. The zero-order valence-corrected chi connectivity index (χ0v) is 25.9. The van der Waals surface area contributed by atoms with Crippen molar-refractivity contribution in [1.82, 2.24) is 0 Å². The molecule has 0 radical (unpaired) electrons. The van der Waals surface area contributed by atoms with E-state index < -0.39 is 16.6 Å². The number of hydrogen-bond acceptors (Lipinski definition) is 4. The third kappa shape index (κ3) is 8.11. The first-order valence-electron chi connectivity index (χ1n) is 13.2. The minimum atomic E-state index is -2.09. The average molecular weight is 517 g/mol. The van der Waals surface area contributed by atoms with Crippen molar-refractivity contribution in [2.45, 2.75) is 104 Å². The van der Waals surface area contributed by atoms with E-state index in [0.29, 0.717) is 11.3 Å². The van der Waals surface area contributed by atoms with Gasteiger partial charge in [-0.05, 0) is 96.4 Å². The van der Waals surface area contributed by atoms with E-state index in [4.69, 9.17) is 13.6 Å². The van der Waals surface area contributed by atoms with Crippen molar-refractivity contribution < 1.29 is 18.4 Å². The van der Waals surface area contributed by atoms with E-state index in [1.54, 1.807) is 0 Å². The van der Waals surface area contributed by atoms with Crippen LogP contribution in [0.4, 0.5) is 0 Å². The molecule has 0 aliphatic heterocycles. The Balaban J connectivity index is 2.98. The highest BCUT2D eigenvalue weighted by Crippen LogP contribution is 2.50. The van der Waals surface area contributed by atoms with Crippen LogP contribution in [0.2, 0.25) is 39.3 Å². The van der Waals surface area contributed by atoms with Crippen LogP contribution < -0.4 is 8.85 Å². The molecular weight excluding hydrogens is 468 g/mol. The van der Waals surface area contributed by atoms with Gasteiger partial charge in [0.2, 0.25) is 16.6 Å². The summed E-state index contributed by atoms with van der Waals surface area (Å²) in [6, 6.07) is 2.12. The van der Waals surface area contributed by atoms with Crippen LogP contribution in [-0.4, -0.2) is 29.7 Å². The summed E-state index contributed by atoms with van der Waals surface area (Å²) in [6.45, 7) is 24.0. The third-order valence-corrected chi connectivity index (χ3v) is 7.99. The standard InChI is InChI=1S/C29H48O4Si2/c1-12-13-14-15-22-19-25(32-34(6,7)8)27(24-18-21(4)16-17-23(24)20(2)3)28(33-35(9,10)11)26(22)29(30)31-5/h18-19,23-24H,2,12-17H2,1,3-11H3/t23-,24+/m0/s1. The van der Waals surface area contributed by atoms with Crippen molar-refractivity contribution in [1.29, 1.82) is 0 Å². The molecule has 1 aromatic rings. The second kappa shape index (κ2) is 12.0. The topological polar surface area (TPSA) is 44.8 Å². The van der Waals surface area contributed by atoms with E-state index >= 15 is 0 Å². The Labute approximate surface area is 216 Å². The molecule has 1 aliphatic carbocycles. The number of aryl methyl sites for hydroxylation is 1. The molecule has 0 unspecified atom stereocenters. The summed E-state index contributed by atoms with van der Waals surface area (Å²) in [5, 5.41) is 0. The first kappa shape index (κ1) is 29.4. The number of esters is 1. The molecule has 4 nitrogen and oxygen atoms in total. The Hall–Kier alpha value is -1.80. The molecule has 0 heterocycles. The van der Waals surface area contributed by atoms with E-state index in [1.165, 1.54) is 12.7 Å². The van der Waals surface area contributed by atoms with Gasteiger partial charge in [-0.2, -0.15) is 0 Å². The van der Waals surface area contributed by atoms with E-state index in [1.807, 2.05) is 0 Å². The van der Waals surface area contributed by atoms with E-state index in [0.717, 1.165) is 61.0 Å². The van der Waals surface area contributed by atoms with Crippen molar-refractivity contribution in [3.63, 3.8) is 0 Å². The summed E-state index contributed by atoms with van der Waals surface area (Å²) in [7, 11) is -2.58. The maximum absolute atomic E-state index is 13.3. The molecule has 1 aromatic carbocycles. The van der Waals surface area contributed by atoms with Gasteiger partial charge in [-0.15, -0.1) is 0 Å². The lowest BCUT2D eigenvalue weighted by molar-refractivity contribution is 0.0597. The lowest BCUT2D eigenvalue weighted by Crippen LogP contribution is -2.34. The number of hydrogen-bond donors (Lipinski definition) is 0. The van der Waals surface area contributed by atoms with Crippen LogP contribution in [0.5, 0.6) is 11.5 Å². The molecule has 0 fully saturated rings. The molecule has 0 aromatic heterocycles. The van der Waals surface area contributed by atoms with Gasteiger partial charge in [0.1, 0.15) is 17.1 Å². The van der Waals surface area contributed by atoms with Crippen molar-refractivity contribution >= 4 is 22.6 Å². The predicted octanol–water partition coefficient (Wildman–Crippen LogP) is 8.65. The van der Waals surface area contributed by atoms with Crippen LogP contribution in [0.3, 0.4) is 0 Å². The van der Waals surface area contributed by atoms with Crippen LogP contribution >= 0.6 is 0 Å². The predicted molar refractivity (Wildman–Crippen MR) is 153 cm³/mol. The molecule has 35 heavy (non-hydrogen) atoms. The van der Waals surface area contributed by atoms with Gasteiger partial charge >= 0.3 is 5.97 Å². The molecule has 0 N–H and O–H groups in total. The fraction of sp³-hybridized carbons (Fsp3) is 0.621. The molecule has 0 saturated heterocycles. The Morgan fingerprint density at radius 2 is 1.71 bits per heavy atom. The summed E-state index contributed by atoms with van der Waals surface area (Å²) in [4.78, 5) is 13.3.